The number of carbonyl (C=O) groups is 1. The number of halogens is 4. The number of urea groups is 1. The fourth-order valence-electron chi connectivity index (χ4n) is 2.23. The predicted octanol–water partition coefficient (Wildman–Crippen LogP) is 5.66. The Hall–Kier alpha value is -3.49. The summed E-state index contributed by atoms with van der Waals surface area (Å²) in [4.78, 5) is 19.0. The maximum Gasteiger partial charge on any atom is 0.435 e. The molecule has 28 heavy (non-hydrogen) atoms. The molecule has 1 aromatic heterocycles. The molecule has 0 radical (unpaired) electrons. The van der Waals surface area contributed by atoms with Crippen LogP contribution in [0.2, 0.25) is 0 Å². The van der Waals surface area contributed by atoms with Crippen LogP contribution in [0, 0.1) is 0 Å². The van der Waals surface area contributed by atoms with Crippen LogP contribution in [0.3, 0.4) is 0 Å². The number of rotatable bonds is 5. The van der Waals surface area contributed by atoms with E-state index in [2.05, 4.69) is 27.3 Å². The van der Waals surface area contributed by atoms with Crippen LogP contribution >= 0.6 is 0 Å². The average molecular weight is 392 g/mol. The molecule has 0 bridgehead atoms. The van der Waals surface area contributed by atoms with Gasteiger partial charge in [-0.3, -0.25) is 4.99 Å². The largest absolute Gasteiger partial charge is 0.435 e. The van der Waals surface area contributed by atoms with Gasteiger partial charge >= 0.3 is 12.2 Å². The van der Waals surface area contributed by atoms with E-state index in [0.29, 0.717) is 5.69 Å². The van der Waals surface area contributed by atoms with Crippen molar-refractivity contribution in [1.82, 2.24) is 4.98 Å². The van der Waals surface area contributed by atoms with Gasteiger partial charge in [-0.2, -0.15) is 13.2 Å². The summed E-state index contributed by atoms with van der Waals surface area (Å²) >= 11 is 0. The number of allylic oxidation sites excluding steroid dienone is 3. The summed E-state index contributed by atoms with van der Waals surface area (Å²) in [6.45, 7) is 4.34. The Labute approximate surface area is 158 Å². The van der Waals surface area contributed by atoms with Gasteiger partial charge in [0.05, 0.1) is 17.2 Å². The van der Waals surface area contributed by atoms with E-state index in [9.17, 15) is 22.4 Å². The minimum atomic E-state index is -4.85. The number of aliphatic imine (C=N–C) groups is 1. The SMILES string of the molecule is C=N/C=C(\C=C(/C)F)c1ccc(NC(=O)Nc2ccccc2)c(C(F)(F)F)n1. The smallest absolute Gasteiger partial charge is 0.308 e. The van der Waals surface area contributed by atoms with Crippen molar-refractivity contribution in [2.45, 2.75) is 13.1 Å². The Bertz CT molecular complexity index is 917. The van der Waals surface area contributed by atoms with Gasteiger partial charge in [0.15, 0.2) is 5.69 Å². The minimum Gasteiger partial charge on any atom is -0.308 e. The second-order valence-electron chi connectivity index (χ2n) is 5.53. The molecule has 0 spiro atoms. The second-order valence-corrected chi connectivity index (χ2v) is 5.53. The number of benzene rings is 1. The van der Waals surface area contributed by atoms with E-state index in [4.69, 9.17) is 0 Å². The lowest BCUT2D eigenvalue weighted by Gasteiger charge is -2.15. The van der Waals surface area contributed by atoms with Crippen molar-refractivity contribution < 1.29 is 22.4 Å². The molecule has 0 unspecified atom stereocenters. The number of amides is 2. The first kappa shape index (κ1) is 20.8. The molecule has 0 aliphatic carbocycles. The first-order chi connectivity index (χ1) is 13.2. The van der Waals surface area contributed by atoms with Gasteiger partial charge in [-0.05, 0) is 44.0 Å². The van der Waals surface area contributed by atoms with Crippen molar-refractivity contribution in [3.05, 3.63) is 72.0 Å². The number of para-hydroxylation sites is 1. The number of carbonyl (C=O) groups excluding carboxylic acids is 1. The molecule has 1 heterocycles. The summed E-state index contributed by atoms with van der Waals surface area (Å²) in [5.74, 6) is -0.644. The maximum absolute atomic E-state index is 13.4. The zero-order valence-corrected chi connectivity index (χ0v) is 14.7. The fourth-order valence-corrected chi connectivity index (χ4v) is 2.23. The van der Waals surface area contributed by atoms with Crippen molar-refractivity contribution in [3.8, 4) is 0 Å². The van der Waals surface area contributed by atoms with Crippen LogP contribution in [0.4, 0.5) is 33.7 Å². The highest BCUT2D eigenvalue weighted by molar-refractivity contribution is 6.00. The van der Waals surface area contributed by atoms with Crippen LogP contribution in [0.1, 0.15) is 18.3 Å². The van der Waals surface area contributed by atoms with Crippen molar-refractivity contribution in [2.75, 3.05) is 10.6 Å². The number of nitrogens with one attached hydrogen (secondary N) is 2. The van der Waals surface area contributed by atoms with E-state index < -0.39 is 29.4 Å². The van der Waals surface area contributed by atoms with Crippen molar-refractivity contribution in [2.24, 2.45) is 4.99 Å². The van der Waals surface area contributed by atoms with Crippen molar-refractivity contribution in [1.29, 1.82) is 0 Å². The van der Waals surface area contributed by atoms with E-state index in [0.717, 1.165) is 25.3 Å². The summed E-state index contributed by atoms with van der Waals surface area (Å²) in [6, 6.07) is 9.59. The number of pyridine rings is 1. The van der Waals surface area contributed by atoms with Gasteiger partial charge in [0.1, 0.15) is 0 Å². The Morgan fingerprint density at radius 3 is 2.39 bits per heavy atom. The highest BCUT2D eigenvalue weighted by Gasteiger charge is 2.36. The Morgan fingerprint density at radius 2 is 1.82 bits per heavy atom. The molecule has 1 aromatic carbocycles. The van der Waals surface area contributed by atoms with Gasteiger partial charge in [-0.25, -0.2) is 14.2 Å². The molecule has 146 valence electrons. The highest BCUT2D eigenvalue weighted by Crippen LogP contribution is 2.34. The molecule has 0 aliphatic heterocycles. The Kier molecular flexibility index (Phi) is 6.64. The maximum atomic E-state index is 13.4. The third-order valence-electron chi connectivity index (χ3n) is 3.32. The molecule has 0 atom stereocenters. The van der Waals surface area contributed by atoms with Crippen LogP contribution in [0.15, 0.2) is 65.6 Å². The molecule has 2 rings (SSSR count). The molecule has 2 N–H and O–H groups in total. The van der Waals surface area contributed by atoms with Gasteiger partial charge < -0.3 is 10.6 Å². The third kappa shape index (κ3) is 5.76. The van der Waals surface area contributed by atoms with Crippen LogP contribution in [0.25, 0.3) is 5.57 Å². The van der Waals surface area contributed by atoms with Crippen LogP contribution < -0.4 is 10.6 Å². The van der Waals surface area contributed by atoms with E-state index in [1.165, 1.54) is 6.07 Å². The van der Waals surface area contributed by atoms with Gasteiger partial charge in [0.2, 0.25) is 0 Å². The number of hydrogen-bond acceptors (Lipinski definition) is 3. The molecule has 0 fully saturated rings. The van der Waals surface area contributed by atoms with Crippen LogP contribution in [-0.4, -0.2) is 17.7 Å². The topological polar surface area (TPSA) is 66.4 Å². The Morgan fingerprint density at radius 1 is 1.14 bits per heavy atom. The number of alkyl halides is 3. The molecule has 0 aliphatic rings. The number of hydrogen-bond donors (Lipinski definition) is 2. The zero-order chi connectivity index (χ0) is 20.7. The van der Waals surface area contributed by atoms with E-state index in [-0.39, 0.29) is 11.3 Å². The van der Waals surface area contributed by atoms with Gasteiger partial charge in [0, 0.05) is 17.5 Å². The lowest BCUT2D eigenvalue weighted by atomic mass is 10.1. The van der Waals surface area contributed by atoms with E-state index >= 15 is 0 Å². The summed E-state index contributed by atoms with van der Waals surface area (Å²) in [5.41, 5.74) is -1.64. The highest BCUT2D eigenvalue weighted by atomic mass is 19.4. The standard InChI is InChI=1S/C19H16F4N4O/c1-12(20)10-13(11-24-2)15-8-9-16(17(26-15)19(21,22)23)27-18(28)25-14-6-4-3-5-7-14/h3-11H,2H2,1H3,(H2,25,27,28)/b12-10+,13-11+. The molecule has 9 heteroatoms. The first-order valence-corrected chi connectivity index (χ1v) is 7.92. The number of aromatic nitrogens is 1. The lowest BCUT2D eigenvalue weighted by Crippen LogP contribution is -2.22. The minimum absolute atomic E-state index is 0.000729. The van der Waals surface area contributed by atoms with Crippen molar-refractivity contribution >= 4 is 29.7 Å². The molecular formula is C19H16F4N4O. The van der Waals surface area contributed by atoms with Gasteiger partial charge in [-0.15, -0.1) is 0 Å². The summed E-state index contributed by atoms with van der Waals surface area (Å²) in [7, 11) is 0. The van der Waals surface area contributed by atoms with Gasteiger partial charge in [0.25, 0.3) is 0 Å². The fraction of sp³-hybridized carbons (Fsp3) is 0.105. The van der Waals surface area contributed by atoms with Crippen molar-refractivity contribution in [3.63, 3.8) is 0 Å². The second kappa shape index (κ2) is 8.94. The molecule has 0 saturated carbocycles. The number of nitrogens with zero attached hydrogens (tertiary/aromatic N) is 2. The quantitative estimate of drug-likeness (QED) is 0.392. The normalized spacial score (nSPS) is 12.5. The lowest BCUT2D eigenvalue weighted by molar-refractivity contribution is -0.140. The van der Waals surface area contributed by atoms with Crippen LogP contribution in [0.5, 0.6) is 0 Å². The molecule has 5 nitrogen and oxygen atoms in total. The zero-order valence-electron chi connectivity index (χ0n) is 14.7. The molecule has 2 aromatic rings. The van der Waals surface area contributed by atoms with E-state index in [1.807, 2.05) is 0 Å². The van der Waals surface area contributed by atoms with E-state index in [1.54, 1.807) is 30.3 Å². The predicted molar refractivity (Wildman–Crippen MR) is 101 cm³/mol. The first-order valence-electron chi connectivity index (χ1n) is 7.92. The van der Waals surface area contributed by atoms with Gasteiger partial charge in [-0.1, -0.05) is 18.2 Å². The molecule has 0 saturated heterocycles. The summed E-state index contributed by atoms with van der Waals surface area (Å²) in [5, 5.41) is 4.54. The number of anilines is 2. The molecular weight excluding hydrogens is 376 g/mol. The Balaban J connectivity index is 2.37. The molecule has 2 amide bonds. The van der Waals surface area contributed by atoms with Crippen LogP contribution in [-0.2, 0) is 6.18 Å². The summed E-state index contributed by atoms with van der Waals surface area (Å²) < 4.78 is 53.5. The third-order valence-corrected chi connectivity index (χ3v) is 3.32. The average Bonchev–Trinajstić information content (AvgIpc) is 2.61. The summed E-state index contributed by atoms with van der Waals surface area (Å²) in [6.07, 6.45) is -2.79. The monoisotopic (exact) mass is 392 g/mol.